The van der Waals surface area contributed by atoms with E-state index in [4.69, 9.17) is 5.11 Å². The molecule has 0 radical (unpaired) electrons. The van der Waals surface area contributed by atoms with Gasteiger partial charge in [-0.25, -0.2) is 0 Å². The van der Waals surface area contributed by atoms with Gasteiger partial charge in [-0.15, -0.1) is 0 Å². The third kappa shape index (κ3) is 4.23. The predicted octanol–water partition coefficient (Wildman–Crippen LogP) is 3.61. The van der Waals surface area contributed by atoms with Crippen LogP contribution in [-0.2, 0) is 0 Å². The fourth-order valence-electron chi connectivity index (χ4n) is 2.31. The van der Waals surface area contributed by atoms with Crippen molar-refractivity contribution in [1.82, 2.24) is 5.32 Å². The Morgan fingerprint density at radius 2 is 1.95 bits per heavy atom. The molecule has 3 heteroatoms. The summed E-state index contributed by atoms with van der Waals surface area (Å²) in [5, 5.41) is 15.0. The Kier molecular flexibility index (Phi) is 6.37. The van der Waals surface area contributed by atoms with Gasteiger partial charge in [-0.3, -0.25) is 0 Å². The van der Waals surface area contributed by atoms with Gasteiger partial charge in [0.05, 0.1) is 0 Å². The number of aliphatic hydroxyl groups excluding tert-OH is 1. The number of fused-ring (bicyclic) bond motifs is 1. The minimum Gasteiger partial charge on any atom is -0.396 e. The van der Waals surface area contributed by atoms with Gasteiger partial charge in [0.1, 0.15) is 0 Å². The van der Waals surface area contributed by atoms with Crippen LogP contribution in [0.25, 0.3) is 10.8 Å². The molecule has 0 amide bonds. The van der Waals surface area contributed by atoms with Gasteiger partial charge in [0.15, 0.2) is 0 Å². The van der Waals surface area contributed by atoms with E-state index in [0.717, 1.165) is 24.5 Å². The minimum absolute atomic E-state index is 0.287. The second kappa shape index (κ2) is 8.30. The van der Waals surface area contributed by atoms with Gasteiger partial charge in [0.25, 0.3) is 0 Å². The molecule has 0 saturated carbocycles. The van der Waals surface area contributed by atoms with Crippen LogP contribution in [0.4, 0.5) is 0 Å². The normalized spacial score (nSPS) is 12.7. The molecule has 1 unspecified atom stereocenters. The maximum atomic E-state index is 8.84. The molecular weight excluding hydrogens is 266 g/mol. The molecule has 2 N–H and O–H groups in total. The Hall–Kier alpha value is -1.03. The SMILES string of the molecule is CCNC(CSCCCO)c1ccc2ccccc2c1. The van der Waals surface area contributed by atoms with Crippen molar-refractivity contribution >= 4 is 22.5 Å². The molecule has 0 aliphatic rings. The Balaban J connectivity index is 2.09. The van der Waals surface area contributed by atoms with Crippen LogP contribution >= 0.6 is 11.8 Å². The third-order valence-electron chi connectivity index (χ3n) is 3.36. The average molecular weight is 289 g/mol. The van der Waals surface area contributed by atoms with Crippen molar-refractivity contribution in [1.29, 1.82) is 0 Å². The Morgan fingerprint density at radius 3 is 2.70 bits per heavy atom. The molecule has 108 valence electrons. The molecule has 0 aliphatic carbocycles. The Morgan fingerprint density at radius 1 is 1.15 bits per heavy atom. The van der Waals surface area contributed by atoms with Gasteiger partial charge < -0.3 is 10.4 Å². The van der Waals surface area contributed by atoms with Gasteiger partial charge in [0.2, 0.25) is 0 Å². The van der Waals surface area contributed by atoms with Gasteiger partial charge in [-0.05, 0) is 41.1 Å². The lowest BCUT2D eigenvalue weighted by Crippen LogP contribution is -2.23. The van der Waals surface area contributed by atoms with Gasteiger partial charge >= 0.3 is 0 Å². The summed E-state index contributed by atoms with van der Waals surface area (Å²) >= 11 is 1.90. The molecule has 2 nitrogen and oxygen atoms in total. The van der Waals surface area contributed by atoms with Crippen LogP contribution in [0.15, 0.2) is 42.5 Å². The van der Waals surface area contributed by atoms with Crippen molar-refractivity contribution in [2.24, 2.45) is 0 Å². The van der Waals surface area contributed by atoms with Crippen molar-refractivity contribution in [2.45, 2.75) is 19.4 Å². The zero-order valence-corrected chi connectivity index (χ0v) is 12.8. The average Bonchev–Trinajstić information content (AvgIpc) is 2.50. The first-order chi connectivity index (χ1) is 9.85. The summed E-state index contributed by atoms with van der Waals surface area (Å²) in [5.74, 6) is 2.07. The van der Waals surface area contributed by atoms with Gasteiger partial charge in [0, 0.05) is 18.4 Å². The molecule has 2 aromatic rings. The highest BCUT2D eigenvalue weighted by molar-refractivity contribution is 7.99. The van der Waals surface area contributed by atoms with E-state index in [0.29, 0.717) is 6.04 Å². The Labute approximate surface area is 125 Å². The molecule has 0 bridgehead atoms. The molecule has 0 heterocycles. The standard InChI is InChI=1S/C17H23NOS/c1-2-18-17(13-20-11-5-10-19)16-9-8-14-6-3-4-7-15(14)12-16/h3-4,6-9,12,17-19H,2,5,10-11,13H2,1H3. The van der Waals surface area contributed by atoms with E-state index in [9.17, 15) is 0 Å². The zero-order valence-electron chi connectivity index (χ0n) is 12.0. The summed E-state index contributed by atoms with van der Waals surface area (Å²) in [4.78, 5) is 0. The summed E-state index contributed by atoms with van der Waals surface area (Å²) in [6, 6.07) is 15.6. The molecule has 2 rings (SSSR count). The maximum Gasteiger partial charge on any atom is 0.0438 e. The van der Waals surface area contributed by atoms with Crippen LogP contribution in [0, 0.1) is 0 Å². The maximum absolute atomic E-state index is 8.84. The predicted molar refractivity (Wildman–Crippen MR) is 89.4 cm³/mol. The second-order valence-corrected chi connectivity index (χ2v) is 6.02. The molecule has 2 aromatic carbocycles. The van der Waals surface area contributed by atoms with Crippen LogP contribution in [-0.4, -0.2) is 29.8 Å². The van der Waals surface area contributed by atoms with E-state index in [1.165, 1.54) is 16.3 Å². The van der Waals surface area contributed by atoms with E-state index in [1.807, 2.05) is 11.8 Å². The van der Waals surface area contributed by atoms with E-state index < -0.39 is 0 Å². The van der Waals surface area contributed by atoms with Crippen LogP contribution in [0.1, 0.15) is 24.9 Å². The molecule has 0 aliphatic heterocycles. The lowest BCUT2D eigenvalue weighted by Gasteiger charge is -2.18. The first kappa shape index (κ1) is 15.4. The van der Waals surface area contributed by atoms with Crippen molar-refractivity contribution in [3.05, 3.63) is 48.0 Å². The number of aliphatic hydroxyl groups is 1. The summed E-state index contributed by atoms with van der Waals surface area (Å²) in [6.07, 6.45) is 0.876. The van der Waals surface area contributed by atoms with Crippen LogP contribution in [0.2, 0.25) is 0 Å². The summed E-state index contributed by atoms with van der Waals surface area (Å²) < 4.78 is 0. The summed E-state index contributed by atoms with van der Waals surface area (Å²) in [7, 11) is 0. The zero-order chi connectivity index (χ0) is 14.2. The number of hydrogen-bond donors (Lipinski definition) is 2. The molecule has 0 spiro atoms. The number of nitrogens with one attached hydrogen (secondary N) is 1. The highest BCUT2D eigenvalue weighted by Gasteiger charge is 2.10. The van der Waals surface area contributed by atoms with Gasteiger partial charge in [-0.2, -0.15) is 11.8 Å². The van der Waals surface area contributed by atoms with Crippen molar-refractivity contribution in [3.63, 3.8) is 0 Å². The topological polar surface area (TPSA) is 32.3 Å². The van der Waals surface area contributed by atoms with Crippen LogP contribution in [0.3, 0.4) is 0 Å². The summed E-state index contributed by atoms with van der Waals surface area (Å²) in [5.41, 5.74) is 1.35. The number of hydrogen-bond acceptors (Lipinski definition) is 3. The number of rotatable bonds is 8. The fourth-order valence-corrected chi connectivity index (χ4v) is 3.36. The third-order valence-corrected chi connectivity index (χ3v) is 4.50. The second-order valence-electron chi connectivity index (χ2n) is 4.87. The number of thioether (sulfide) groups is 1. The van der Waals surface area contributed by atoms with E-state index in [2.05, 4.69) is 54.7 Å². The van der Waals surface area contributed by atoms with Crippen LogP contribution in [0.5, 0.6) is 0 Å². The Bertz CT molecular complexity index is 529. The first-order valence-electron chi connectivity index (χ1n) is 7.26. The molecule has 0 saturated heterocycles. The van der Waals surface area contributed by atoms with E-state index in [-0.39, 0.29) is 6.61 Å². The lowest BCUT2D eigenvalue weighted by molar-refractivity contribution is 0.296. The molecule has 0 fully saturated rings. The largest absolute Gasteiger partial charge is 0.396 e. The van der Waals surface area contributed by atoms with Gasteiger partial charge in [-0.1, -0.05) is 43.3 Å². The van der Waals surface area contributed by atoms with E-state index >= 15 is 0 Å². The molecule has 20 heavy (non-hydrogen) atoms. The van der Waals surface area contributed by atoms with Crippen molar-refractivity contribution in [3.8, 4) is 0 Å². The quantitative estimate of drug-likeness (QED) is 0.728. The van der Waals surface area contributed by atoms with E-state index in [1.54, 1.807) is 0 Å². The highest BCUT2D eigenvalue weighted by atomic mass is 32.2. The molecule has 1 atom stereocenters. The fraction of sp³-hybridized carbons (Fsp3) is 0.412. The molecule has 0 aromatic heterocycles. The molecular formula is C17H23NOS. The monoisotopic (exact) mass is 289 g/mol. The van der Waals surface area contributed by atoms with Crippen LogP contribution < -0.4 is 5.32 Å². The summed E-state index contributed by atoms with van der Waals surface area (Å²) in [6.45, 7) is 3.40. The smallest absolute Gasteiger partial charge is 0.0438 e. The highest BCUT2D eigenvalue weighted by Crippen LogP contribution is 2.23. The van der Waals surface area contributed by atoms with Crippen molar-refractivity contribution in [2.75, 3.05) is 24.7 Å². The number of benzene rings is 2. The van der Waals surface area contributed by atoms with Crippen molar-refractivity contribution < 1.29 is 5.11 Å². The lowest BCUT2D eigenvalue weighted by atomic mass is 10.0. The first-order valence-corrected chi connectivity index (χ1v) is 8.41. The minimum atomic E-state index is 0.287.